The minimum Gasteiger partial charge on any atom is -0.369 e. The van der Waals surface area contributed by atoms with E-state index in [1.165, 1.54) is 0 Å². The number of carbonyl (C=O) groups is 2. The Morgan fingerprint density at radius 3 is 2.26 bits per heavy atom. The van der Waals surface area contributed by atoms with Gasteiger partial charge in [-0.25, -0.2) is 23.3 Å². The van der Waals surface area contributed by atoms with Crippen LogP contribution in [-0.2, 0) is 19.7 Å². The average Bonchev–Trinajstić information content (AvgIpc) is 3.02. The molecule has 8 rings (SSSR count). The summed E-state index contributed by atoms with van der Waals surface area (Å²) >= 11 is 0. The van der Waals surface area contributed by atoms with Crippen molar-refractivity contribution in [1.29, 1.82) is 0 Å². The van der Waals surface area contributed by atoms with E-state index in [0.29, 0.717) is 43.4 Å². The first-order valence-corrected chi connectivity index (χ1v) is 17.6. The van der Waals surface area contributed by atoms with E-state index in [9.17, 15) is 31.2 Å². The van der Waals surface area contributed by atoms with Crippen LogP contribution in [0.15, 0.2) is 42.6 Å². The molecule has 0 spiro atoms. The van der Waals surface area contributed by atoms with Crippen molar-refractivity contribution in [2.24, 2.45) is 28.9 Å². The minimum absolute atomic E-state index is 0.0419. The lowest BCUT2D eigenvalue weighted by molar-refractivity contribution is -0.145. The molecule has 3 N–H and O–H groups in total. The highest BCUT2D eigenvalue weighted by Crippen LogP contribution is 2.60. The number of nitrogens with zero attached hydrogens (tertiary/aromatic N) is 5. The van der Waals surface area contributed by atoms with Crippen LogP contribution in [0.4, 0.5) is 40.8 Å². The molecule has 1 saturated heterocycles. The highest BCUT2D eigenvalue weighted by Gasteiger charge is 2.58. The van der Waals surface area contributed by atoms with Crippen molar-refractivity contribution < 1.29 is 36.0 Å². The van der Waals surface area contributed by atoms with Gasteiger partial charge in [0, 0.05) is 44.2 Å². The van der Waals surface area contributed by atoms with Crippen molar-refractivity contribution in [3.05, 3.63) is 42.6 Å². The van der Waals surface area contributed by atoms with Crippen molar-refractivity contribution in [3.8, 4) is 0 Å². The van der Waals surface area contributed by atoms with E-state index >= 15 is 0 Å². The summed E-state index contributed by atoms with van der Waals surface area (Å²) in [7, 11) is -4.42. The number of hydrogen-bond donors (Lipinski definition) is 2. The Morgan fingerprint density at radius 1 is 0.957 bits per heavy atom. The van der Waals surface area contributed by atoms with E-state index in [2.05, 4.69) is 10.3 Å². The van der Waals surface area contributed by atoms with E-state index in [-0.39, 0.29) is 50.0 Å². The number of fused-ring (bicyclic) bond motifs is 1. The Balaban J connectivity index is 0.978. The van der Waals surface area contributed by atoms with Crippen molar-refractivity contribution in [1.82, 2.24) is 14.6 Å². The summed E-state index contributed by atoms with van der Waals surface area (Å²) in [6.07, 6.45) is 0.637. The fraction of sp³-hybridized carbons (Fsp3) is 0.581. The molecule has 3 heterocycles. The maximum absolute atomic E-state index is 13.2. The zero-order valence-electron chi connectivity index (χ0n) is 25.7. The monoisotopic (exact) mass is 677 g/mol. The fourth-order valence-corrected chi connectivity index (χ4v) is 10.1. The molecule has 5 atom stereocenters. The molecule has 2 aromatic rings. The second-order valence-corrected chi connectivity index (χ2v) is 15.5. The highest BCUT2D eigenvalue weighted by atomic mass is 32.2. The third-order valence-electron chi connectivity index (χ3n) is 10.6. The smallest absolute Gasteiger partial charge is 0.369 e. The summed E-state index contributed by atoms with van der Waals surface area (Å²) in [6.45, 7) is 1.26. The lowest BCUT2D eigenvalue weighted by Crippen LogP contribution is -2.62. The quantitative estimate of drug-likeness (QED) is 0.451. The summed E-state index contributed by atoms with van der Waals surface area (Å²) in [5.74, 6) is -0.500. The highest BCUT2D eigenvalue weighted by molar-refractivity contribution is 7.89. The first-order chi connectivity index (χ1) is 22.3. The van der Waals surface area contributed by atoms with E-state index in [1.54, 1.807) is 11.3 Å². The van der Waals surface area contributed by atoms with Gasteiger partial charge in [-0.2, -0.15) is 17.5 Å². The van der Waals surface area contributed by atoms with Gasteiger partial charge >= 0.3 is 12.3 Å². The molecule has 5 fully saturated rings. The van der Waals surface area contributed by atoms with E-state index in [1.807, 2.05) is 46.2 Å². The molecule has 4 saturated carbocycles. The zero-order valence-corrected chi connectivity index (χ0v) is 26.5. The van der Waals surface area contributed by atoms with E-state index in [4.69, 9.17) is 10.6 Å². The molecule has 2 amide bonds. The maximum atomic E-state index is 13.2. The number of amides is 2. The number of anilines is 4. The predicted octanol–water partition coefficient (Wildman–Crippen LogP) is 3.38. The SMILES string of the molecule is NC(=O)C12CC3C[C@H](C1)C(NC(=O)ON1CCN(c4ccc(N5CCN(S(=O)(=O)CC(F)(F)F)CC5)cn4)c4ccccc41)[C@@H](C3)C2. The number of primary amides is 1. The molecular weight excluding hydrogens is 639 g/mol. The van der Waals surface area contributed by atoms with Gasteiger partial charge in [0.2, 0.25) is 15.9 Å². The van der Waals surface area contributed by atoms with Crippen LogP contribution >= 0.6 is 0 Å². The number of benzene rings is 1. The van der Waals surface area contributed by atoms with Crippen LogP contribution in [0.2, 0.25) is 0 Å². The summed E-state index contributed by atoms with van der Waals surface area (Å²) < 4.78 is 63.3. The van der Waals surface area contributed by atoms with Crippen LogP contribution in [0.1, 0.15) is 32.1 Å². The number of carbonyl (C=O) groups excluding carboxylic acids is 2. The van der Waals surface area contributed by atoms with Gasteiger partial charge in [0.15, 0.2) is 5.75 Å². The normalized spacial score (nSPS) is 29.0. The maximum Gasteiger partial charge on any atom is 0.431 e. The topological polar surface area (TPSA) is 141 Å². The van der Waals surface area contributed by atoms with Gasteiger partial charge in [-0.15, -0.1) is 0 Å². The Morgan fingerprint density at radius 2 is 1.64 bits per heavy atom. The molecule has 1 aromatic carbocycles. The van der Waals surface area contributed by atoms with Crippen molar-refractivity contribution in [2.75, 3.05) is 59.9 Å². The Labute approximate surface area is 271 Å². The van der Waals surface area contributed by atoms with Gasteiger partial charge in [-0.3, -0.25) is 4.79 Å². The number of nitrogens with one attached hydrogen (secondary N) is 1. The molecule has 3 unspecified atom stereocenters. The molecule has 2 aliphatic heterocycles. The number of aromatic nitrogens is 1. The van der Waals surface area contributed by atoms with Crippen LogP contribution in [0.3, 0.4) is 0 Å². The molecule has 12 nitrogen and oxygen atoms in total. The molecule has 0 radical (unpaired) electrons. The molecular formula is C31H38F3N7O5S. The summed E-state index contributed by atoms with van der Waals surface area (Å²) in [5.41, 5.74) is 7.62. The van der Waals surface area contributed by atoms with Crippen molar-refractivity contribution in [2.45, 2.75) is 44.3 Å². The minimum atomic E-state index is -4.79. The molecule has 1 aromatic heterocycles. The Bertz CT molecular complexity index is 1620. The van der Waals surface area contributed by atoms with Crippen molar-refractivity contribution >= 4 is 44.9 Å². The lowest BCUT2D eigenvalue weighted by atomic mass is 9.47. The van der Waals surface area contributed by atoms with Crippen LogP contribution < -0.4 is 25.9 Å². The van der Waals surface area contributed by atoms with Gasteiger partial charge in [-0.1, -0.05) is 12.1 Å². The van der Waals surface area contributed by atoms with Crippen LogP contribution in [-0.4, -0.2) is 86.9 Å². The van der Waals surface area contributed by atoms with Gasteiger partial charge < -0.3 is 25.7 Å². The van der Waals surface area contributed by atoms with E-state index in [0.717, 1.165) is 34.9 Å². The number of rotatable bonds is 7. The molecule has 4 aliphatic carbocycles. The molecule has 4 bridgehead atoms. The average molecular weight is 678 g/mol. The molecule has 254 valence electrons. The first-order valence-electron chi connectivity index (χ1n) is 16.0. The Hall–Kier alpha value is -3.79. The van der Waals surface area contributed by atoms with Gasteiger partial charge in [0.05, 0.1) is 29.8 Å². The second-order valence-electron chi connectivity index (χ2n) is 13.5. The first kappa shape index (κ1) is 31.8. The molecule has 6 aliphatic rings. The van der Waals surface area contributed by atoms with E-state index < -0.39 is 33.5 Å². The molecule has 47 heavy (non-hydrogen) atoms. The number of para-hydroxylation sites is 2. The predicted molar refractivity (Wildman–Crippen MR) is 167 cm³/mol. The van der Waals surface area contributed by atoms with Gasteiger partial charge in [-0.05, 0) is 74.1 Å². The van der Waals surface area contributed by atoms with Gasteiger partial charge in [0.25, 0.3) is 0 Å². The second kappa shape index (κ2) is 11.7. The lowest BCUT2D eigenvalue weighted by Gasteiger charge is -2.58. The Kier molecular flexibility index (Phi) is 7.93. The van der Waals surface area contributed by atoms with Crippen LogP contribution in [0.5, 0.6) is 0 Å². The standard InChI is InChI=1S/C31H38F3N7O5S/c32-31(33,34)19-47(44,45)39-9-7-38(8-10-39)23-5-6-26(36-18-23)40-11-12-41(25-4-2-1-3-24(25)40)46-29(43)37-27-21-13-20-14-22(27)17-30(15-20,16-21)28(35)42/h1-6,18,20-22,27H,7-17,19H2,(H2,35,42)(H,37,43)/t20?,21-,22+,27?,30?. The zero-order chi connectivity index (χ0) is 33.1. The van der Waals surface area contributed by atoms with Crippen LogP contribution in [0.25, 0.3) is 0 Å². The number of halogens is 3. The number of pyridine rings is 1. The third kappa shape index (κ3) is 6.17. The summed E-state index contributed by atoms with van der Waals surface area (Å²) in [5, 5.41) is 4.71. The number of hydrogen-bond acceptors (Lipinski definition) is 9. The summed E-state index contributed by atoms with van der Waals surface area (Å²) in [4.78, 5) is 39.9. The summed E-state index contributed by atoms with van der Waals surface area (Å²) in [6, 6.07) is 11.2. The van der Waals surface area contributed by atoms with Gasteiger partial charge in [0.1, 0.15) is 5.82 Å². The fourth-order valence-electron chi connectivity index (χ4n) is 8.74. The largest absolute Gasteiger partial charge is 0.431 e. The number of piperazine rings is 1. The number of hydroxylamine groups is 1. The molecule has 16 heteroatoms. The van der Waals surface area contributed by atoms with Crippen LogP contribution in [0, 0.1) is 23.2 Å². The number of nitrogens with two attached hydrogens (primary N) is 1. The van der Waals surface area contributed by atoms with Crippen molar-refractivity contribution in [3.63, 3.8) is 0 Å². The number of alkyl halides is 3. The third-order valence-corrected chi connectivity index (χ3v) is 12.4. The number of sulfonamides is 1.